The highest BCUT2D eigenvalue weighted by atomic mass is 32.2. The van der Waals surface area contributed by atoms with Gasteiger partial charge in [-0.25, -0.2) is 22.5 Å². The standard InChI is InChI=1S/C22H25N3O6S/c1-15-4-6-16(7-5-15)21-24-17(13-30-21)14-31-22(27)19-12-18(32(28,29)25(2)3)8-9-20(19)23-10-11-26/h4-9,12-13,23,26H,10-11,14H2,1-3H3. The number of esters is 1. The predicted octanol–water partition coefficient (Wildman–Crippen LogP) is 2.66. The van der Waals surface area contributed by atoms with Crippen molar-refractivity contribution >= 4 is 21.7 Å². The molecular formula is C22H25N3O6S. The van der Waals surface area contributed by atoms with E-state index in [1.807, 2.05) is 31.2 Å². The maximum atomic E-state index is 12.8. The van der Waals surface area contributed by atoms with Crippen molar-refractivity contribution in [1.82, 2.24) is 9.29 Å². The molecule has 2 aromatic carbocycles. The molecule has 0 bridgehead atoms. The fraction of sp³-hybridized carbons (Fsp3) is 0.273. The van der Waals surface area contributed by atoms with Crippen molar-refractivity contribution in [3.63, 3.8) is 0 Å². The Labute approximate surface area is 186 Å². The van der Waals surface area contributed by atoms with Gasteiger partial charge in [0.2, 0.25) is 15.9 Å². The van der Waals surface area contributed by atoms with Gasteiger partial charge in [-0.05, 0) is 37.3 Å². The maximum Gasteiger partial charge on any atom is 0.340 e. The number of carbonyl (C=O) groups is 1. The van der Waals surface area contributed by atoms with Crippen LogP contribution < -0.4 is 5.32 Å². The maximum absolute atomic E-state index is 12.8. The molecule has 0 aliphatic rings. The monoisotopic (exact) mass is 459 g/mol. The molecule has 0 spiro atoms. The van der Waals surface area contributed by atoms with Crippen LogP contribution in [0.1, 0.15) is 21.6 Å². The first-order valence-corrected chi connectivity index (χ1v) is 11.3. The molecule has 0 saturated heterocycles. The van der Waals surface area contributed by atoms with E-state index in [0.29, 0.717) is 17.3 Å². The fourth-order valence-corrected chi connectivity index (χ4v) is 3.76. The normalized spacial score (nSPS) is 11.5. The Morgan fingerprint density at radius 3 is 2.56 bits per heavy atom. The summed E-state index contributed by atoms with van der Waals surface area (Å²) in [7, 11) is -0.938. The van der Waals surface area contributed by atoms with Gasteiger partial charge >= 0.3 is 5.97 Å². The number of ether oxygens (including phenoxy) is 1. The first-order valence-electron chi connectivity index (χ1n) is 9.82. The zero-order chi connectivity index (χ0) is 23.3. The molecule has 10 heteroatoms. The number of aliphatic hydroxyl groups excluding tert-OH is 1. The second-order valence-electron chi connectivity index (χ2n) is 7.23. The highest BCUT2D eigenvalue weighted by Crippen LogP contribution is 2.24. The number of anilines is 1. The SMILES string of the molecule is Cc1ccc(-c2nc(COC(=O)c3cc(S(=O)(=O)N(C)C)ccc3NCCO)co2)cc1. The minimum Gasteiger partial charge on any atom is -0.455 e. The topological polar surface area (TPSA) is 122 Å². The van der Waals surface area contributed by atoms with E-state index >= 15 is 0 Å². The third kappa shape index (κ3) is 5.34. The molecule has 3 aromatic rings. The van der Waals surface area contributed by atoms with Crippen LogP contribution in [0.15, 0.2) is 58.0 Å². The van der Waals surface area contributed by atoms with Gasteiger partial charge in [-0.2, -0.15) is 0 Å². The van der Waals surface area contributed by atoms with Crippen molar-refractivity contribution in [2.75, 3.05) is 32.6 Å². The van der Waals surface area contributed by atoms with Crippen LogP contribution in [-0.2, 0) is 21.4 Å². The Hall–Kier alpha value is -3.21. The van der Waals surface area contributed by atoms with Gasteiger partial charge in [0.05, 0.1) is 17.1 Å². The number of oxazole rings is 1. The van der Waals surface area contributed by atoms with Crippen LogP contribution in [0.4, 0.5) is 5.69 Å². The van der Waals surface area contributed by atoms with Crippen molar-refractivity contribution in [2.45, 2.75) is 18.4 Å². The number of carbonyl (C=O) groups excluding carboxylic acids is 1. The lowest BCUT2D eigenvalue weighted by atomic mass is 10.1. The smallest absolute Gasteiger partial charge is 0.340 e. The molecular weight excluding hydrogens is 434 g/mol. The molecule has 0 radical (unpaired) electrons. The van der Waals surface area contributed by atoms with Crippen LogP contribution in [0.3, 0.4) is 0 Å². The van der Waals surface area contributed by atoms with Gasteiger partial charge in [-0.15, -0.1) is 0 Å². The summed E-state index contributed by atoms with van der Waals surface area (Å²) in [5.74, 6) is -0.332. The summed E-state index contributed by atoms with van der Waals surface area (Å²) in [6.07, 6.45) is 1.40. The second-order valence-corrected chi connectivity index (χ2v) is 9.38. The molecule has 0 aliphatic carbocycles. The van der Waals surface area contributed by atoms with E-state index < -0.39 is 16.0 Å². The zero-order valence-corrected chi connectivity index (χ0v) is 18.8. The third-order valence-corrected chi connectivity index (χ3v) is 6.43. The van der Waals surface area contributed by atoms with E-state index in [1.165, 1.54) is 38.6 Å². The zero-order valence-electron chi connectivity index (χ0n) is 18.0. The largest absolute Gasteiger partial charge is 0.455 e. The highest BCUT2D eigenvalue weighted by Gasteiger charge is 2.22. The Kier molecular flexibility index (Phi) is 7.29. The number of aromatic nitrogens is 1. The van der Waals surface area contributed by atoms with E-state index in [-0.39, 0.29) is 30.2 Å². The Bertz CT molecular complexity index is 1190. The number of nitrogens with one attached hydrogen (secondary N) is 1. The summed E-state index contributed by atoms with van der Waals surface area (Å²) >= 11 is 0. The van der Waals surface area contributed by atoms with E-state index in [2.05, 4.69) is 10.3 Å². The van der Waals surface area contributed by atoms with Crippen molar-refractivity contribution in [1.29, 1.82) is 0 Å². The molecule has 1 heterocycles. The van der Waals surface area contributed by atoms with Gasteiger partial charge in [0.15, 0.2) is 0 Å². The number of sulfonamides is 1. The van der Waals surface area contributed by atoms with Gasteiger partial charge in [0.25, 0.3) is 0 Å². The van der Waals surface area contributed by atoms with Gasteiger partial charge < -0.3 is 19.6 Å². The molecule has 0 atom stereocenters. The number of hydrogen-bond acceptors (Lipinski definition) is 8. The van der Waals surface area contributed by atoms with E-state index in [4.69, 9.17) is 14.3 Å². The van der Waals surface area contributed by atoms with Crippen LogP contribution in [0.2, 0.25) is 0 Å². The van der Waals surface area contributed by atoms with Crippen LogP contribution in [0.5, 0.6) is 0 Å². The first kappa shape index (κ1) is 23.5. The molecule has 0 amide bonds. The summed E-state index contributed by atoms with van der Waals surface area (Å²) in [6, 6.07) is 11.7. The van der Waals surface area contributed by atoms with E-state index in [1.54, 1.807) is 0 Å². The number of rotatable bonds is 9. The molecule has 170 valence electrons. The quantitative estimate of drug-likeness (QED) is 0.469. The summed E-state index contributed by atoms with van der Waals surface area (Å²) in [4.78, 5) is 17.1. The van der Waals surface area contributed by atoms with E-state index in [0.717, 1.165) is 15.4 Å². The average Bonchev–Trinajstić information content (AvgIpc) is 3.25. The second kappa shape index (κ2) is 9.94. The molecule has 0 saturated carbocycles. The van der Waals surface area contributed by atoms with Crippen molar-refractivity contribution < 1.29 is 27.5 Å². The number of hydrogen-bond donors (Lipinski definition) is 2. The molecule has 2 N–H and O–H groups in total. The lowest BCUT2D eigenvalue weighted by Crippen LogP contribution is -2.23. The van der Waals surface area contributed by atoms with Crippen LogP contribution >= 0.6 is 0 Å². The fourth-order valence-electron chi connectivity index (χ4n) is 2.83. The highest BCUT2D eigenvalue weighted by molar-refractivity contribution is 7.89. The van der Waals surface area contributed by atoms with Crippen molar-refractivity contribution in [3.05, 3.63) is 65.5 Å². The number of aryl methyl sites for hydroxylation is 1. The lowest BCUT2D eigenvalue weighted by Gasteiger charge is -2.15. The van der Waals surface area contributed by atoms with Gasteiger partial charge in [0, 0.05) is 31.9 Å². The Balaban J connectivity index is 1.79. The molecule has 1 aromatic heterocycles. The first-order chi connectivity index (χ1) is 15.2. The molecule has 0 unspecified atom stereocenters. The molecule has 32 heavy (non-hydrogen) atoms. The van der Waals surface area contributed by atoms with Gasteiger partial charge in [-0.1, -0.05) is 17.7 Å². The molecule has 9 nitrogen and oxygen atoms in total. The predicted molar refractivity (Wildman–Crippen MR) is 119 cm³/mol. The van der Waals surface area contributed by atoms with Crippen molar-refractivity contribution in [3.8, 4) is 11.5 Å². The summed E-state index contributed by atoms with van der Waals surface area (Å²) < 4.78 is 36.8. The van der Waals surface area contributed by atoms with Crippen LogP contribution in [0, 0.1) is 6.92 Å². The number of nitrogens with zero attached hydrogens (tertiary/aromatic N) is 2. The number of benzene rings is 2. The summed E-state index contributed by atoms with van der Waals surface area (Å²) in [5.41, 5.74) is 2.70. The number of aliphatic hydroxyl groups is 1. The van der Waals surface area contributed by atoms with E-state index in [9.17, 15) is 13.2 Å². The Morgan fingerprint density at radius 2 is 1.91 bits per heavy atom. The third-order valence-electron chi connectivity index (χ3n) is 4.62. The van der Waals surface area contributed by atoms with Gasteiger partial charge in [0.1, 0.15) is 18.6 Å². The molecule has 3 rings (SSSR count). The molecule has 0 fully saturated rings. The van der Waals surface area contributed by atoms with Gasteiger partial charge in [-0.3, -0.25) is 0 Å². The Morgan fingerprint density at radius 1 is 1.19 bits per heavy atom. The summed E-state index contributed by atoms with van der Waals surface area (Å²) in [5, 5.41) is 12.0. The van der Waals surface area contributed by atoms with Crippen LogP contribution in [-0.4, -0.2) is 56.0 Å². The lowest BCUT2D eigenvalue weighted by molar-refractivity contribution is 0.0468. The minimum absolute atomic E-state index is 0.0311. The van der Waals surface area contributed by atoms with Crippen LogP contribution in [0.25, 0.3) is 11.5 Å². The molecule has 0 aliphatic heterocycles. The summed E-state index contributed by atoms with van der Waals surface area (Å²) in [6.45, 7) is 1.85. The minimum atomic E-state index is -3.75. The average molecular weight is 460 g/mol. The van der Waals surface area contributed by atoms with Crippen molar-refractivity contribution in [2.24, 2.45) is 0 Å².